The molecule has 0 bridgehead atoms. The van der Waals surface area contributed by atoms with Gasteiger partial charge in [-0.2, -0.15) is 0 Å². The molecular formula is C47H47N3O. The van der Waals surface area contributed by atoms with Crippen molar-refractivity contribution >= 4 is 11.0 Å². The standard InChI is InChI=1S/C47H47N3O/c1-29-21-30(2)44(31(3)22-29)50-41-28-37(47(7,8)9)27-38(34-23-35(40-17-13-14-20-48-40)25-36(24-34)46(4,5)6)43(41)49-45(50)39-26-33(18-19-42(39)51)32-15-11-10-12-16-32/h10-28,51H,1-9H3. The van der Waals surface area contributed by atoms with Crippen molar-refractivity contribution in [2.45, 2.75) is 73.1 Å². The first-order valence-electron chi connectivity index (χ1n) is 17.8. The van der Waals surface area contributed by atoms with Crippen molar-refractivity contribution < 1.29 is 5.11 Å². The highest BCUT2D eigenvalue weighted by Crippen LogP contribution is 2.43. The van der Waals surface area contributed by atoms with Crippen molar-refractivity contribution in [2.75, 3.05) is 0 Å². The lowest BCUT2D eigenvalue weighted by atomic mass is 9.82. The molecule has 1 N–H and O–H groups in total. The minimum absolute atomic E-state index is 0.0927. The fraction of sp³-hybridized carbons (Fsp3) is 0.234. The number of phenols is 1. The zero-order valence-corrected chi connectivity index (χ0v) is 31.3. The number of aryl methyl sites for hydroxylation is 3. The predicted molar refractivity (Wildman–Crippen MR) is 214 cm³/mol. The zero-order chi connectivity index (χ0) is 36.2. The number of rotatable bonds is 5. The van der Waals surface area contributed by atoms with Crippen molar-refractivity contribution in [1.29, 1.82) is 0 Å². The minimum Gasteiger partial charge on any atom is -0.507 e. The normalized spacial score (nSPS) is 12.1. The number of imidazole rings is 1. The number of fused-ring (bicyclic) bond motifs is 1. The monoisotopic (exact) mass is 669 g/mol. The third-order valence-corrected chi connectivity index (χ3v) is 9.90. The van der Waals surface area contributed by atoms with Gasteiger partial charge in [-0.05, 0) is 119 Å². The Labute approximate surface area is 302 Å². The Morgan fingerprint density at radius 1 is 0.569 bits per heavy atom. The second-order valence-electron chi connectivity index (χ2n) is 16.0. The Morgan fingerprint density at radius 3 is 1.86 bits per heavy atom. The largest absolute Gasteiger partial charge is 0.507 e. The van der Waals surface area contributed by atoms with Gasteiger partial charge in [0.05, 0.1) is 28.0 Å². The van der Waals surface area contributed by atoms with Crippen molar-refractivity contribution in [3.8, 4) is 56.3 Å². The van der Waals surface area contributed by atoms with Crippen LogP contribution >= 0.6 is 0 Å². The van der Waals surface area contributed by atoms with Gasteiger partial charge < -0.3 is 5.11 Å². The average Bonchev–Trinajstić information content (AvgIpc) is 3.46. The Balaban J connectivity index is 1.63. The van der Waals surface area contributed by atoms with Crippen LogP contribution in [0.2, 0.25) is 0 Å². The number of nitrogens with zero attached hydrogens (tertiary/aromatic N) is 3. The lowest BCUT2D eigenvalue weighted by Crippen LogP contribution is -2.13. The molecule has 4 nitrogen and oxygen atoms in total. The summed E-state index contributed by atoms with van der Waals surface area (Å²) in [6.45, 7) is 20.1. The van der Waals surface area contributed by atoms with Crippen LogP contribution in [0.15, 0.2) is 115 Å². The zero-order valence-electron chi connectivity index (χ0n) is 31.3. The molecule has 2 aromatic heterocycles. The van der Waals surface area contributed by atoms with Crippen LogP contribution in [0.25, 0.3) is 61.6 Å². The third kappa shape index (κ3) is 6.47. The van der Waals surface area contributed by atoms with Gasteiger partial charge in [-0.1, -0.05) is 108 Å². The van der Waals surface area contributed by atoms with Crippen LogP contribution in [0.3, 0.4) is 0 Å². The summed E-state index contributed by atoms with van der Waals surface area (Å²) in [5, 5.41) is 11.6. The van der Waals surface area contributed by atoms with E-state index >= 15 is 0 Å². The van der Waals surface area contributed by atoms with E-state index < -0.39 is 0 Å². The molecule has 51 heavy (non-hydrogen) atoms. The molecule has 0 atom stereocenters. The molecule has 2 heterocycles. The Hall–Kier alpha value is -5.48. The van der Waals surface area contributed by atoms with Crippen LogP contribution in [0, 0.1) is 20.8 Å². The summed E-state index contributed by atoms with van der Waals surface area (Å²) in [6, 6.07) is 38.2. The summed E-state index contributed by atoms with van der Waals surface area (Å²) in [4.78, 5) is 10.3. The lowest BCUT2D eigenvalue weighted by Gasteiger charge is -2.24. The molecule has 0 fully saturated rings. The van der Waals surface area contributed by atoms with Gasteiger partial charge in [0.2, 0.25) is 0 Å². The van der Waals surface area contributed by atoms with Crippen molar-refractivity contribution in [3.05, 3.63) is 143 Å². The van der Waals surface area contributed by atoms with Crippen LogP contribution < -0.4 is 0 Å². The maximum atomic E-state index is 11.6. The molecule has 7 aromatic rings. The van der Waals surface area contributed by atoms with Crippen molar-refractivity contribution in [1.82, 2.24) is 14.5 Å². The SMILES string of the molecule is Cc1cc(C)c(-n2c(-c3cc(-c4ccccc4)ccc3O)nc3c(-c4cc(-c5ccccn5)cc(C(C)(C)C)c4)cc(C(C)(C)C)cc32)c(C)c1. The maximum Gasteiger partial charge on any atom is 0.149 e. The lowest BCUT2D eigenvalue weighted by molar-refractivity contribution is 0.477. The quantitative estimate of drug-likeness (QED) is 0.198. The third-order valence-electron chi connectivity index (χ3n) is 9.90. The van der Waals surface area contributed by atoms with Gasteiger partial charge in [0, 0.05) is 17.3 Å². The van der Waals surface area contributed by atoms with Gasteiger partial charge >= 0.3 is 0 Å². The molecule has 256 valence electrons. The predicted octanol–water partition coefficient (Wildman–Crippen LogP) is 12.3. The molecule has 0 unspecified atom stereocenters. The Bertz CT molecular complexity index is 2380. The van der Waals surface area contributed by atoms with Crippen LogP contribution in [0.1, 0.15) is 69.4 Å². The first-order chi connectivity index (χ1) is 24.2. The molecule has 0 radical (unpaired) electrons. The fourth-order valence-corrected chi connectivity index (χ4v) is 7.19. The summed E-state index contributed by atoms with van der Waals surface area (Å²) in [6.07, 6.45) is 1.85. The van der Waals surface area contributed by atoms with E-state index in [-0.39, 0.29) is 16.6 Å². The highest BCUT2D eigenvalue weighted by Gasteiger charge is 2.26. The topological polar surface area (TPSA) is 50.9 Å². The van der Waals surface area contributed by atoms with E-state index in [2.05, 4.69) is 134 Å². The summed E-state index contributed by atoms with van der Waals surface area (Å²) in [7, 11) is 0. The molecule has 7 rings (SSSR count). The molecule has 0 amide bonds. The van der Waals surface area contributed by atoms with E-state index in [1.807, 2.05) is 42.6 Å². The molecule has 4 heteroatoms. The minimum atomic E-state index is -0.142. The molecule has 0 saturated heterocycles. The molecule has 0 aliphatic carbocycles. The maximum absolute atomic E-state index is 11.6. The van der Waals surface area contributed by atoms with E-state index in [1.165, 1.54) is 16.7 Å². The van der Waals surface area contributed by atoms with Crippen LogP contribution in [0.4, 0.5) is 0 Å². The molecular weight excluding hydrogens is 623 g/mol. The van der Waals surface area contributed by atoms with Gasteiger partial charge in [0.15, 0.2) is 0 Å². The van der Waals surface area contributed by atoms with Gasteiger partial charge in [-0.15, -0.1) is 0 Å². The number of hydrogen-bond donors (Lipinski definition) is 1. The molecule has 0 saturated carbocycles. The number of aromatic hydroxyl groups is 1. The Kier molecular flexibility index (Phi) is 8.46. The smallest absolute Gasteiger partial charge is 0.149 e. The first-order valence-corrected chi connectivity index (χ1v) is 17.8. The van der Waals surface area contributed by atoms with E-state index in [0.29, 0.717) is 11.4 Å². The highest BCUT2D eigenvalue weighted by molar-refractivity contribution is 5.98. The van der Waals surface area contributed by atoms with Crippen LogP contribution in [-0.2, 0) is 10.8 Å². The van der Waals surface area contributed by atoms with E-state index in [1.54, 1.807) is 6.07 Å². The number of hydrogen-bond acceptors (Lipinski definition) is 3. The van der Waals surface area contributed by atoms with Crippen molar-refractivity contribution in [3.63, 3.8) is 0 Å². The number of phenolic OH excluding ortho intramolecular Hbond substituents is 1. The number of pyridine rings is 1. The van der Waals surface area contributed by atoms with Crippen LogP contribution in [0.5, 0.6) is 5.75 Å². The molecule has 0 aliphatic rings. The van der Waals surface area contributed by atoms with Gasteiger partial charge in [-0.3, -0.25) is 9.55 Å². The summed E-state index contributed by atoms with van der Waals surface area (Å²) < 4.78 is 2.29. The highest BCUT2D eigenvalue weighted by atomic mass is 16.3. The Morgan fingerprint density at radius 2 is 1.22 bits per heavy atom. The van der Waals surface area contributed by atoms with E-state index in [9.17, 15) is 5.11 Å². The second kappa shape index (κ2) is 12.7. The molecule has 5 aromatic carbocycles. The van der Waals surface area contributed by atoms with E-state index in [4.69, 9.17) is 9.97 Å². The summed E-state index contributed by atoms with van der Waals surface area (Å²) in [5.74, 6) is 0.901. The average molecular weight is 670 g/mol. The summed E-state index contributed by atoms with van der Waals surface area (Å²) >= 11 is 0. The van der Waals surface area contributed by atoms with Gasteiger partial charge in [-0.25, -0.2) is 4.98 Å². The van der Waals surface area contributed by atoms with Crippen molar-refractivity contribution in [2.24, 2.45) is 0 Å². The van der Waals surface area contributed by atoms with Gasteiger partial charge in [0.1, 0.15) is 11.6 Å². The van der Waals surface area contributed by atoms with Crippen LogP contribution in [-0.4, -0.2) is 19.6 Å². The summed E-state index contributed by atoms with van der Waals surface area (Å²) in [5.41, 5.74) is 15.7. The molecule has 0 aliphatic heterocycles. The number of aromatic nitrogens is 3. The molecule has 0 spiro atoms. The number of benzene rings is 5. The van der Waals surface area contributed by atoms with E-state index in [0.717, 1.165) is 61.4 Å². The first kappa shape index (κ1) is 34.0. The van der Waals surface area contributed by atoms with Gasteiger partial charge in [0.25, 0.3) is 0 Å². The fourth-order valence-electron chi connectivity index (χ4n) is 7.19. The second-order valence-corrected chi connectivity index (χ2v) is 16.0.